The highest BCUT2D eigenvalue weighted by Crippen LogP contribution is 2.26. The van der Waals surface area contributed by atoms with Gasteiger partial charge in [0.2, 0.25) is 0 Å². The van der Waals surface area contributed by atoms with Crippen molar-refractivity contribution in [3.05, 3.63) is 0 Å². The summed E-state index contributed by atoms with van der Waals surface area (Å²) < 4.78 is 74.9. The second-order valence-electron chi connectivity index (χ2n) is 7.19. The van der Waals surface area contributed by atoms with Crippen LogP contribution in [-0.4, -0.2) is 47.3 Å². The fraction of sp³-hybridized carbons (Fsp3) is 0.846. The first-order valence-electron chi connectivity index (χ1n) is 7.08. The van der Waals surface area contributed by atoms with Gasteiger partial charge in [0.1, 0.15) is 11.6 Å². The number of rotatable bonds is 2. The van der Waals surface area contributed by atoms with E-state index in [1.165, 1.54) is 13.8 Å². The monoisotopic (exact) mass is 364 g/mol. The van der Waals surface area contributed by atoms with E-state index in [1.807, 2.05) is 0 Å². The zero-order valence-electron chi connectivity index (χ0n) is 13.5. The molecule has 0 aromatic rings. The number of halogens is 6. The lowest BCUT2D eigenvalue weighted by Crippen LogP contribution is -3.10. The van der Waals surface area contributed by atoms with Gasteiger partial charge >= 0.3 is 24.2 Å². The van der Waals surface area contributed by atoms with Crippen LogP contribution >= 0.6 is 0 Å². The lowest BCUT2D eigenvalue weighted by atomic mass is 9.75. The van der Waals surface area contributed by atoms with Gasteiger partial charge in [-0.3, -0.25) is 9.59 Å². The highest BCUT2D eigenvalue weighted by molar-refractivity contribution is 5.83. The number of nitrogens with one attached hydrogen (secondary N) is 2. The number of carbonyl (C=O) groups is 2. The van der Waals surface area contributed by atoms with Crippen molar-refractivity contribution in [2.45, 2.75) is 69.6 Å². The molecule has 1 rings (SSSR count). The van der Waals surface area contributed by atoms with Crippen LogP contribution in [0, 0.1) is 0 Å². The van der Waals surface area contributed by atoms with E-state index in [0.717, 1.165) is 0 Å². The Bertz CT molecular complexity index is 513. The van der Waals surface area contributed by atoms with Crippen molar-refractivity contribution in [2.24, 2.45) is 0 Å². The Labute approximate surface area is 134 Å². The van der Waals surface area contributed by atoms with Crippen LogP contribution in [0.2, 0.25) is 0 Å². The van der Waals surface area contributed by atoms with Gasteiger partial charge in [0.25, 0.3) is 0 Å². The van der Waals surface area contributed by atoms with Crippen molar-refractivity contribution < 1.29 is 41.2 Å². The highest BCUT2D eigenvalue weighted by Gasteiger charge is 2.54. The van der Waals surface area contributed by atoms with Crippen molar-refractivity contribution in [1.29, 1.82) is 0 Å². The van der Waals surface area contributed by atoms with E-state index in [9.17, 15) is 35.9 Å². The Hall–Kier alpha value is -1.52. The van der Waals surface area contributed by atoms with Gasteiger partial charge in [-0.05, 0) is 27.7 Å². The largest absolute Gasteiger partial charge is 0.471 e. The van der Waals surface area contributed by atoms with Crippen LogP contribution in [0.4, 0.5) is 26.3 Å². The Morgan fingerprint density at radius 2 is 1.33 bits per heavy atom. The van der Waals surface area contributed by atoms with Crippen LogP contribution < -0.4 is 16.0 Å². The zero-order valence-corrected chi connectivity index (χ0v) is 13.5. The number of nitrogens with two attached hydrogens (primary N) is 1. The number of hydrogen-bond donors (Lipinski definition) is 3. The molecule has 0 saturated carbocycles. The van der Waals surface area contributed by atoms with E-state index >= 15 is 0 Å². The second-order valence-corrected chi connectivity index (χ2v) is 7.19. The van der Waals surface area contributed by atoms with E-state index in [1.54, 1.807) is 29.8 Å². The van der Waals surface area contributed by atoms with E-state index in [-0.39, 0.29) is 6.42 Å². The van der Waals surface area contributed by atoms with E-state index in [4.69, 9.17) is 0 Å². The van der Waals surface area contributed by atoms with Crippen LogP contribution in [-0.2, 0) is 9.59 Å². The lowest BCUT2D eigenvalue weighted by Gasteiger charge is -2.48. The van der Waals surface area contributed by atoms with Crippen LogP contribution in [0.3, 0.4) is 0 Å². The molecule has 5 nitrogen and oxygen atoms in total. The maximum absolute atomic E-state index is 12.5. The zero-order chi connectivity index (χ0) is 19.1. The van der Waals surface area contributed by atoms with Crippen molar-refractivity contribution in [2.75, 3.05) is 0 Å². The number of amides is 2. The number of quaternary nitrogens is 1. The summed E-state index contributed by atoms with van der Waals surface area (Å²) in [6.45, 7) is 6.34. The molecule has 1 saturated heterocycles. The highest BCUT2D eigenvalue weighted by atomic mass is 19.4. The smallest absolute Gasteiger partial charge is 0.343 e. The van der Waals surface area contributed by atoms with Gasteiger partial charge in [-0.1, -0.05) is 0 Å². The molecule has 4 N–H and O–H groups in total. The topological polar surface area (TPSA) is 74.8 Å². The standard InChI is InChI=1S/C13H19F6N3O2/c1-10(2)5-6(20-8(23)12(14,15)16)7(11(3,4)22-10)21-9(24)13(17,18)19/h6-7,22H,5H2,1-4H3,(H,20,23)(H,21,24)/p+1/t6-,7+/m0/s1. The van der Waals surface area contributed by atoms with Gasteiger partial charge in [-0.15, -0.1) is 0 Å². The maximum atomic E-state index is 12.5. The lowest BCUT2D eigenvalue weighted by molar-refractivity contribution is -0.790. The maximum Gasteiger partial charge on any atom is 0.471 e. The summed E-state index contributed by atoms with van der Waals surface area (Å²) in [5, 5.41) is 5.09. The molecule has 140 valence electrons. The third kappa shape index (κ3) is 4.99. The van der Waals surface area contributed by atoms with Crippen molar-refractivity contribution >= 4 is 11.8 Å². The third-order valence-corrected chi connectivity index (χ3v) is 3.83. The molecule has 11 heteroatoms. The van der Waals surface area contributed by atoms with Gasteiger partial charge in [-0.2, -0.15) is 26.3 Å². The molecular weight excluding hydrogens is 344 g/mol. The van der Waals surface area contributed by atoms with Gasteiger partial charge in [0, 0.05) is 6.42 Å². The molecule has 2 amide bonds. The first kappa shape index (κ1) is 20.5. The SMILES string of the molecule is CC1(C)C[C@H](NC(=O)C(F)(F)F)[C@@H](NC(=O)C(F)(F)F)C(C)(C)[NH2+]1. The summed E-state index contributed by atoms with van der Waals surface area (Å²) in [5.41, 5.74) is -1.72. The molecule has 1 aliphatic heterocycles. The normalized spacial score (nSPS) is 26.6. The van der Waals surface area contributed by atoms with Gasteiger partial charge < -0.3 is 16.0 Å². The molecular formula is C13H20F6N3O2+. The molecule has 0 radical (unpaired) electrons. The molecule has 0 aromatic carbocycles. The first-order valence-corrected chi connectivity index (χ1v) is 7.08. The fourth-order valence-corrected chi connectivity index (χ4v) is 3.25. The number of alkyl halides is 6. The summed E-state index contributed by atoms with van der Waals surface area (Å²) in [7, 11) is 0. The van der Waals surface area contributed by atoms with E-state index in [0.29, 0.717) is 0 Å². The minimum atomic E-state index is -5.18. The molecule has 1 heterocycles. The number of hydrogen-bond acceptors (Lipinski definition) is 2. The number of carbonyl (C=O) groups excluding carboxylic acids is 2. The Balaban J connectivity index is 3.11. The molecule has 0 aromatic heterocycles. The van der Waals surface area contributed by atoms with Gasteiger partial charge in [0.05, 0.1) is 11.6 Å². The fourth-order valence-electron chi connectivity index (χ4n) is 3.25. The van der Waals surface area contributed by atoms with Crippen molar-refractivity contribution in [3.63, 3.8) is 0 Å². The Morgan fingerprint density at radius 3 is 1.75 bits per heavy atom. The summed E-state index contributed by atoms with van der Waals surface area (Å²) in [6.07, 6.45) is -10.4. The minimum Gasteiger partial charge on any atom is -0.343 e. The molecule has 0 spiro atoms. The molecule has 2 atom stereocenters. The minimum absolute atomic E-state index is 0.0545. The molecule has 1 fully saturated rings. The van der Waals surface area contributed by atoms with Crippen LogP contribution in [0.15, 0.2) is 0 Å². The Kier molecular flexibility index (Phi) is 5.20. The second kappa shape index (κ2) is 6.08. The summed E-state index contributed by atoms with van der Waals surface area (Å²) in [6, 6.07) is -2.65. The van der Waals surface area contributed by atoms with Gasteiger partial charge in [0.15, 0.2) is 0 Å². The van der Waals surface area contributed by atoms with Crippen LogP contribution in [0.1, 0.15) is 34.1 Å². The quantitative estimate of drug-likeness (QED) is 0.628. The van der Waals surface area contributed by atoms with Crippen molar-refractivity contribution in [1.82, 2.24) is 10.6 Å². The molecule has 0 unspecified atom stereocenters. The molecule has 0 aliphatic carbocycles. The summed E-state index contributed by atoms with van der Waals surface area (Å²) in [5.74, 6) is -4.52. The molecule has 0 bridgehead atoms. The summed E-state index contributed by atoms with van der Waals surface area (Å²) in [4.78, 5) is 22.4. The average Bonchev–Trinajstić information content (AvgIpc) is 2.28. The Morgan fingerprint density at radius 1 is 0.917 bits per heavy atom. The van der Waals surface area contributed by atoms with Crippen LogP contribution in [0.25, 0.3) is 0 Å². The van der Waals surface area contributed by atoms with Crippen LogP contribution in [0.5, 0.6) is 0 Å². The average molecular weight is 364 g/mol. The summed E-state index contributed by atoms with van der Waals surface area (Å²) >= 11 is 0. The van der Waals surface area contributed by atoms with Gasteiger partial charge in [-0.25, -0.2) is 0 Å². The first-order chi connectivity index (χ1) is 10.5. The number of piperidine rings is 1. The molecule has 24 heavy (non-hydrogen) atoms. The van der Waals surface area contributed by atoms with E-state index in [2.05, 4.69) is 0 Å². The third-order valence-electron chi connectivity index (χ3n) is 3.83. The molecule has 1 aliphatic rings. The van der Waals surface area contributed by atoms with Crippen molar-refractivity contribution in [3.8, 4) is 0 Å². The predicted molar refractivity (Wildman–Crippen MR) is 70.7 cm³/mol. The van der Waals surface area contributed by atoms with E-state index < -0.39 is 47.3 Å². The predicted octanol–water partition coefficient (Wildman–Crippen LogP) is 0.605.